The Morgan fingerprint density at radius 3 is 3.10 bits per heavy atom. The Balaban J connectivity index is 1.94. The number of hydrogen-bond acceptors (Lipinski definition) is 4. The molecule has 7 nitrogen and oxygen atoms in total. The van der Waals surface area contributed by atoms with Crippen LogP contribution >= 0.6 is 11.3 Å². The van der Waals surface area contributed by atoms with Crippen molar-refractivity contribution in [3.8, 4) is 17.0 Å². The highest BCUT2D eigenvalue weighted by Gasteiger charge is 2.17. The first-order valence-corrected chi connectivity index (χ1v) is 6.67. The summed E-state index contributed by atoms with van der Waals surface area (Å²) in [4.78, 5) is 18.4. The Morgan fingerprint density at radius 1 is 1.45 bits per heavy atom. The van der Waals surface area contributed by atoms with Crippen molar-refractivity contribution in [1.82, 2.24) is 4.98 Å². The van der Waals surface area contributed by atoms with Gasteiger partial charge in [-0.25, -0.2) is 4.99 Å². The lowest BCUT2D eigenvalue weighted by atomic mass is 10.1. The molecule has 0 aliphatic carbocycles. The third-order valence-electron chi connectivity index (χ3n) is 2.66. The fraction of sp³-hybridized carbons (Fsp3) is 0.0833. The molecule has 8 heteroatoms. The number of ether oxygens (including phenoxy) is 1. The second kappa shape index (κ2) is 4.82. The molecule has 0 spiro atoms. The molecule has 1 aliphatic heterocycles. The monoisotopic (exact) mass is 290 g/mol. The number of benzene rings is 1. The highest BCUT2D eigenvalue weighted by molar-refractivity contribution is 7.13. The van der Waals surface area contributed by atoms with Gasteiger partial charge in [0.15, 0.2) is 6.61 Å². The van der Waals surface area contributed by atoms with Gasteiger partial charge in [-0.05, 0) is 18.2 Å². The Kier molecular flexibility index (Phi) is 2.99. The minimum Gasteiger partial charge on any atom is -0.482 e. The zero-order valence-corrected chi connectivity index (χ0v) is 11.2. The standard InChI is InChI=1S/C12H11N5O2S/c13-11(14)17-12-16-8(5-20-12)6-1-2-9-7(3-6)15-10(18)4-19-9/h1-3,5H,4H2,(H,15,18)(H4,13,14,16,17)/p+1. The molecule has 0 atom stereocenters. The molecule has 3 rings (SSSR count). The van der Waals surface area contributed by atoms with Crippen LogP contribution in [0.5, 0.6) is 5.75 Å². The third kappa shape index (κ3) is 2.41. The summed E-state index contributed by atoms with van der Waals surface area (Å²) in [5, 5.41) is 5.24. The highest BCUT2D eigenvalue weighted by Crippen LogP contribution is 2.33. The number of thiazole rings is 1. The van der Waals surface area contributed by atoms with E-state index in [0.29, 0.717) is 16.6 Å². The fourth-order valence-electron chi connectivity index (χ4n) is 1.83. The minimum atomic E-state index is -0.166. The van der Waals surface area contributed by atoms with Gasteiger partial charge in [-0.15, -0.1) is 4.98 Å². The largest absolute Gasteiger partial charge is 0.482 e. The number of aromatic nitrogens is 1. The molecule has 1 aromatic carbocycles. The molecule has 20 heavy (non-hydrogen) atoms. The lowest BCUT2D eigenvalue weighted by molar-refractivity contribution is -0.355. The number of rotatable bonds is 2. The van der Waals surface area contributed by atoms with Crippen LogP contribution in [0.15, 0.2) is 23.6 Å². The van der Waals surface area contributed by atoms with E-state index in [1.807, 2.05) is 17.5 Å². The van der Waals surface area contributed by atoms with Crippen molar-refractivity contribution in [3.63, 3.8) is 0 Å². The molecule has 2 heterocycles. The summed E-state index contributed by atoms with van der Waals surface area (Å²) in [5.41, 5.74) is 13.0. The van der Waals surface area contributed by atoms with Crippen LogP contribution in [0.4, 0.5) is 10.8 Å². The van der Waals surface area contributed by atoms with Crippen LogP contribution in [0.1, 0.15) is 0 Å². The van der Waals surface area contributed by atoms with Gasteiger partial charge in [0.2, 0.25) is 0 Å². The molecule has 102 valence electrons. The van der Waals surface area contributed by atoms with Crippen molar-refractivity contribution in [2.45, 2.75) is 0 Å². The van der Waals surface area contributed by atoms with E-state index in [9.17, 15) is 4.79 Å². The van der Waals surface area contributed by atoms with E-state index in [-0.39, 0.29) is 18.5 Å². The van der Waals surface area contributed by atoms with Gasteiger partial charge in [0.1, 0.15) is 11.4 Å². The van der Waals surface area contributed by atoms with Gasteiger partial charge < -0.3 is 21.5 Å². The quantitative estimate of drug-likeness (QED) is 0.423. The van der Waals surface area contributed by atoms with Gasteiger partial charge in [-0.2, -0.15) is 0 Å². The molecule has 0 saturated heterocycles. The van der Waals surface area contributed by atoms with Crippen LogP contribution in [-0.4, -0.2) is 23.5 Å². The molecule has 1 amide bonds. The first-order chi connectivity index (χ1) is 9.61. The van der Waals surface area contributed by atoms with E-state index in [2.05, 4.69) is 15.3 Å². The molecular formula is C12H12N5O2S+. The first-order valence-electron chi connectivity index (χ1n) is 5.79. The third-order valence-corrected chi connectivity index (χ3v) is 3.42. The van der Waals surface area contributed by atoms with Crippen LogP contribution in [-0.2, 0) is 4.79 Å². The Morgan fingerprint density at radius 2 is 2.30 bits per heavy atom. The smallest absolute Gasteiger partial charge is 0.303 e. The number of carbonyl (C=O) groups excluding carboxylic acids is 1. The maximum Gasteiger partial charge on any atom is 0.303 e. The average molecular weight is 290 g/mol. The summed E-state index contributed by atoms with van der Waals surface area (Å²) in [6, 6.07) is 5.51. The molecule has 1 aromatic heterocycles. The number of nitrogens with two attached hydrogens (primary N) is 2. The van der Waals surface area contributed by atoms with Gasteiger partial charge in [-0.3, -0.25) is 4.79 Å². The second-order valence-corrected chi connectivity index (χ2v) is 5.02. The summed E-state index contributed by atoms with van der Waals surface area (Å²) in [6.45, 7) is 0.0444. The maximum atomic E-state index is 11.3. The van der Waals surface area contributed by atoms with Crippen LogP contribution in [0, 0.1) is 0 Å². The minimum absolute atomic E-state index is 0.0444. The van der Waals surface area contributed by atoms with Crippen molar-refractivity contribution in [3.05, 3.63) is 23.6 Å². The predicted octanol–water partition coefficient (Wildman–Crippen LogP) is -0.873. The molecule has 0 radical (unpaired) electrons. The van der Waals surface area contributed by atoms with Crippen LogP contribution < -0.4 is 26.5 Å². The molecular weight excluding hydrogens is 278 g/mol. The summed E-state index contributed by atoms with van der Waals surface area (Å²) < 4.78 is 5.31. The number of amides is 1. The Hall–Kier alpha value is -2.61. The molecule has 0 fully saturated rings. The SMILES string of the molecule is NC(N)=[NH+]c1nc(-c2ccc3c(c2)NC(=O)CO3)cs1. The number of nitrogens with one attached hydrogen (secondary N) is 2. The average Bonchev–Trinajstić information content (AvgIpc) is 2.85. The van der Waals surface area contributed by atoms with Crippen LogP contribution in [0.3, 0.4) is 0 Å². The molecule has 1 aliphatic rings. The summed E-state index contributed by atoms with van der Waals surface area (Å²) >= 11 is 1.39. The van der Waals surface area contributed by atoms with Crippen molar-refractivity contribution in [1.29, 1.82) is 0 Å². The van der Waals surface area contributed by atoms with E-state index in [0.717, 1.165) is 11.3 Å². The topological polar surface area (TPSA) is 117 Å². The van der Waals surface area contributed by atoms with Gasteiger partial charge in [-0.1, -0.05) is 11.3 Å². The normalized spacial score (nSPS) is 13.1. The van der Waals surface area contributed by atoms with E-state index in [1.54, 1.807) is 6.07 Å². The van der Waals surface area contributed by atoms with Crippen molar-refractivity contribution in [2.75, 3.05) is 11.9 Å². The number of carbonyl (C=O) groups is 1. The number of guanidine groups is 1. The summed E-state index contributed by atoms with van der Waals surface area (Å²) in [6.07, 6.45) is 0. The summed E-state index contributed by atoms with van der Waals surface area (Å²) in [5.74, 6) is 0.583. The predicted molar refractivity (Wildman–Crippen MR) is 75.7 cm³/mol. The molecule has 6 N–H and O–H groups in total. The number of hydrogen-bond donors (Lipinski definition) is 4. The Labute approximate surface area is 118 Å². The maximum absolute atomic E-state index is 11.3. The second-order valence-electron chi connectivity index (χ2n) is 4.17. The van der Waals surface area contributed by atoms with E-state index in [1.165, 1.54) is 11.3 Å². The van der Waals surface area contributed by atoms with Gasteiger partial charge in [0.25, 0.3) is 11.0 Å². The van der Waals surface area contributed by atoms with Crippen LogP contribution in [0.2, 0.25) is 0 Å². The lowest BCUT2D eigenvalue weighted by Gasteiger charge is -2.17. The number of fused-ring (bicyclic) bond motifs is 1. The van der Waals surface area contributed by atoms with E-state index < -0.39 is 0 Å². The zero-order chi connectivity index (χ0) is 14.1. The van der Waals surface area contributed by atoms with Gasteiger partial charge >= 0.3 is 5.96 Å². The first kappa shape index (κ1) is 12.4. The van der Waals surface area contributed by atoms with Gasteiger partial charge in [0, 0.05) is 10.9 Å². The summed E-state index contributed by atoms with van der Waals surface area (Å²) in [7, 11) is 0. The van der Waals surface area contributed by atoms with E-state index in [4.69, 9.17) is 16.2 Å². The van der Waals surface area contributed by atoms with Crippen molar-refractivity contribution >= 4 is 34.0 Å². The van der Waals surface area contributed by atoms with E-state index >= 15 is 0 Å². The zero-order valence-electron chi connectivity index (χ0n) is 10.3. The van der Waals surface area contributed by atoms with Gasteiger partial charge in [0.05, 0.1) is 5.69 Å². The van der Waals surface area contributed by atoms with Crippen molar-refractivity contribution < 1.29 is 14.5 Å². The molecule has 2 aromatic rings. The fourth-order valence-corrected chi connectivity index (χ4v) is 2.57. The number of anilines is 1. The molecule has 0 bridgehead atoms. The lowest BCUT2D eigenvalue weighted by Crippen LogP contribution is -2.72. The molecule has 0 saturated carbocycles. The Bertz CT molecular complexity index is 706. The molecule has 0 unspecified atom stereocenters. The highest BCUT2D eigenvalue weighted by atomic mass is 32.1. The van der Waals surface area contributed by atoms with Crippen LogP contribution in [0.25, 0.3) is 11.3 Å². The van der Waals surface area contributed by atoms with Crippen molar-refractivity contribution in [2.24, 2.45) is 11.5 Å². The number of nitrogens with zero attached hydrogens (tertiary/aromatic N) is 1.